The lowest BCUT2D eigenvalue weighted by Gasteiger charge is -2.07. The quantitative estimate of drug-likeness (QED) is 0.862. The van der Waals surface area contributed by atoms with E-state index in [9.17, 15) is 14.3 Å². The summed E-state index contributed by atoms with van der Waals surface area (Å²) in [5.74, 6) is -0.0154. The summed E-state index contributed by atoms with van der Waals surface area (Å²) in [4.78, 5) is 11.8. The van der Waals surface area contributed by atoms with Crippen LogP contribution in [0.25, 0.3) is 0 Å². The molecule has 0 fully saturated rings. The van der Waals surface area contributed by atoms with Crippen LogP contribution in [0.1, 0.15) is 11.1 Å². The van der Waals surface area contributed by atoms with Crippen molar-refractivity contribution in [2.75, 3.05) is 13.7 Å². The van der Waals surface area contributed by atoms with E-state index in [1.165, 1.54) is 25.3 Å². The number of hydrogen-bond donors (Lipinski definition) is 2. The average molecular weight is 303 g/mol. The van der Waals surface area contributed by atoms with Gasteiger partial charge in [-0.1, -0.05) is 18.2 Å². The summed E-state index contributed by atoms with van der Waals surface area (Å²) in [6, 6.07) is 11.1. The van der Waals surface area contributed by atoms with Crippen LogP contribution in [0, 0.1) is 5.82 Å². The summed E-state index contributed by atoms with van der Waals surface area (Å²) in [6.07, 6.45) is 0.820. The number of hydrogen-bond acceptors (Lipinski definition) is 3. The number of amides is 1. The minimum absolute atomic E-state index is 0.0131. The number of phenols is 1. The maximum absolute atomic E-state index is 12.8. The molecule has 0 unspecified atom stereocenters. The Labute approximate surface area is 128 Å². The number of methoxy groups -OCH3 is 1. The largest absolute Gasteiger partial charge is 0.504 e. The predicted molar refractivity (Wildman–Crippen MR) is 81.5 cm³/mol. The second-order valence-electron chi connectivity index (χ2n) is 4.91. The van der Waals surface area contributed by atoms with Crippen LogP contribution in [-0.2, 0) is 17.6 Å². The molecule has 22 heavy (non-hydrogen) atoms. The first-order chi connectivity index (χ1) is 10.6. The van der Waals surface area contributed by atoms with Crippen LogP contribution in [0.15, 0.2) is 42.5 Å². The third-order valence-corrected chi connectivity index (χ3v) is 3.26. The third-order valence-electron chi connectivity index (χ3n) is 3.26. The van der Waals surface area contributed by atoms with Crippen molar-refractivity contribution >= 4 is 5.91 Å². The molecule has 0 aromatic heterocycles. The molecule has 0 spiro atoms. The Morgan fingerprint density at radius 2 is 1.86 bits per heavy atom. The van der Waals surface area contributed by atoms with Crippen molar-refractivity contribution in [2.24, 2.45) is 0 Å². The number of phenolic OH excluding ortho intramolecular Hbond substituents is 1. The highest BCUT2D eigenvalue weighted by atomic mass is 19.1. The average Bonchev–Trinajstić information content (AvgIpc) is 2.49. The van der Waals surface area contributed by atoms with Gasteiger partial charge in [0.15, 0.2) is 11.5 Å². The van der Waals surface area contributed by atoms with Crippen molar-refractivity contribution in [3.05, 3.63) is 59.4 Å². The molecule has 1 amide bonds. The summed E-state index contributed by atoms with van der Waals surface area (Å²) in [5.41, 5.74) is 1.67. The Hall–Kier alpha value is -2.56. The monoisotopic (exact) mass is 303 g/mol. The number of rotatable bonds is 6. The molecular formula is C17H18FNO3. The standard InChI is InChI=1S/C17H18FNO3/c1-22-16-7-4-13(10-15(16)20)11-17(21)19-9-8-12-2-5-14(18)6-3-12/h2-7,10,20H,8-9,11H2,1H3,(H,19,21). The zero-order chi connectivity index (χ0) is 15.9. The van der Waals surface area contributed by atoms with Crippen molar-refractivity contribution < 1.29 is 19.0 Å². The van der Waals surface area contributed by atoms with Crippen LogP contribution in [-0.4, -0.2) is 24.7 Å². The number of nitrogens with one attached hydrogen (secondary N) is 1. The van der Waals surface area contributed by atoms with Crippen molar-refractivity contribution in [1.82, 2.24) is 5.32 Å². The van der Waals surface area contributed by atoms with Gasteiger partial charge in [0.05, 0.1) is 13.5 Å². The highest BCUT2D eigenvalue weighted by Crippen LogP contribution is 2.26. The molecule has 0 saturated heterocycles. The molecular weight excluding hydrogens is 285 g/mol. The second-order valence-corrected chi connectivity index (χ2v) is 4.91. The van der Waals surface area contributed by atoms with Gasteiger partial charge in [-0.05, 0) is 41.8 Å². The zero-order valence-electron chi connectivity index (χ0n) is 12.3. The fourth-order valence-corrected chi connectivity index (χ4v) is 2.09. The van der Waals surface area contributed by atoms with Gasteiger partial charge >= 0.3 is 0 Å². The van der Waals surface area contributed by atoms with Gasteiger partial charge in [0.25, 0.3) is 0 Å². The van der Waals surface area contributed by atoms with E-state index in [1.807, 2.05) is 0 Å². The summed E-state index contributed by atoms with van der Waals surface area (Å²) in [6.45, 7) is 0.479. The molecule has 0 saturated carbocycles. The minimum Gasteiger partial charge on any atom is -0.504 e. The first-order valence-electron chi connectivity index (χ1n) is 6.95. The number of halogens is 1. The lowest BCUT2D eigenvalue weighted by Crippen LogP contribution is -2.27. The highest BCUT2D eigenvalue weighted by Gasteiger charge is 2.07. The molecule has 0 heterocycles. The van der Waals surface area contributed by atoms with Gasteiger partial charge in [0.2, 0.25) is 5.91 Å². The molecule has 0 atom stereocenters. The Kier molecular flexibility index (Phi) is 5.36. The molecule has 4 nitrogen and oxygen atoms in total. The van der Waals surface area contributed by atoms with Crippen molar-refractivity contribution in [3.8, 4) is 11.5 Å². The van der Waals surface area contributed by atoms with E-state index in [-0.39, 0.29) is 23.9 Å². The van der Waals surface area contributed by atoms with E-state index in [4.69, 9.17) is 4.74 Å². The molecule has 5 heteroatoms. The smallest absolute Gasteiger partial charge is 0.224 e. The van der Waals surface area contributed by atoms with Crippen LogP contribution < -0.4 is 10.1 Å². The Balaban J connectivity index is 1.80. The fraction of sp³-hybridized carbons (Fsp3) is 0.235. The summed E-state index contributed by atoms with van der Waals surface area (Å²) in [7, 11) is 1.47. The molecule has 2 rings (SSSR count). The van der Waals surface area contributed by atoms with Crippen molar-refractivity contribution in [2.45, 2.75) is 12.8 Å². The van der Waals surface area contributed by atoms with E-state index in [0.717, 1.165) is 5.56 Å². The summed E-state index contributed by atoms with van der Waals surface area (Å²) < 4.78 is 17.7. The maximum atomic E-state index is 12.8. The molecule has 2 aromatic carbocycles. The van der Waals surface area contributed by atoms with Gasteiger partial charge in [-0.25, -0.2) is 4.39 Å². The van der Waals surface area contributed by atoms with Gasteiger partial charge in [0.1, 0.15) is 5.82 Å². The van der Waals surface area contributed by atoms with E-state index >= 15 is 0 Å². The van der Waals surface area contributed by atoms with E-state index in [2.05, 4.69) is 5.32 Å². The Morgan fingerprint density at radius 1 is 1.18 bits per heavy atom. The first-order valence-corrected chi connectivity index (χ1v) is 6.95. The zero-order valence-corrected chi connectivity index (χ0v) is 12.3. The first kappa shape index (κ1) is 15.8. The molecule has 0 aliphatic rings. The van der Waals surface area contributed by atoms with E-state index in [0.29, 0.717) is 24.3 Å². The molecule has 116 valence electrons. The lowest BCUT2D eigenvalue weighted by atomic mass is 10.1. The molecule has 0 bridgehead atoms. The van der Waals surface area contributed by atoms with Crippen molar-refractivity contribution in [1.29, 1.82) is 0 Å². The van der Waals surface area contributed by atoms with Gasteiger partial charge in [0, 0.05) is 6.54 Å². The fourth-order valence-electron chi connectivity index (χ4n) is 2.09. The molecule has 0 aliphatic heterocycles. The number of benzene rings is 2. The SMILES string of the molecule is COc1ccc(CC(=O)NCCc2ccc(F)cc2)cc1O. The van der Waals surface area contributed by atoms with Crippen LogP contribution in [0.4, 0.5) is 4.39 Å². The third kappa shape index (κ3) is 4.48. The van der Waals surface area contributed by atoms with Gasteiger partial charge < -0.3 is 15.2 Å². The van der Waals surface area contributed by atoms with E-state index in [1.54, 1.807) is 24.3 Å². The normalized spacial score (nSPS) is 10.3. The number of carbonyl (C=O) groups is 1. The second kappa shape index (κ2) is 7.45. The minimum atomic E-state index is -0.271. The van der Waals surface area contributed by atoms with Gasteiger partial charge in [-0.15, -0.1) is 0 Å². The molecule has 2 N–H and O–H groups in total. The van der Waals surface area contributed by atoms with Crippen LogP contribution in [0.2, 0.25) is 0 Å². The lowest BCUT2D eigenvalue weighted by molar-refractivity contribution is -0.120. The predicted octanol–water partition coefficient (Wildman–Crippen LogP) is 2.44. The van der Waals surface area contributed by atoms with Gasteiger partial charge in [-0.2, -0.15) is 0 Å². The van der Waals surface area contributed by atoms with Crippen LogP contribution >= 0.6 is 0 Å². The number of carbonyl (C=O) groups excluding carboxylic acids is 1. The Morgan fingerprint density at radius 3 is 2.50 bits per heavy atom. The van der Waals surface area contributed by atoms with E-state index < -0.39 is 0 Å². The highest BCUT2D eigenvalue weighted by molar-refractivity contribution is 5.78. The summed E-state index contributed by atoms with van der Waals surface area (Å²) >= 11 is 0. The number of aromatic hydroxyl groups is 1. The summed E-state index contributed by atoms with van der Waals surface area (Å²) in [5, 5.41) is 12.5. The number of ether oxygens (including phenoxy) is 1. The molecule has 0 aliphatic carbocycles. The topological polar surface area (TPSA) is 58.6 Å². The van der Waals surface area contributed by atoms with Crippen LogP contribution in [0.3, 0.4) is 0 Å². The Bertz CT molecular complexity index is 641. The van der Waals surface area contributed by atoms with Gasteiger partial charge in [-0.3, -0.25) is 4.79 Å². The maximum Gasteiger partial charge on any atom is 0.224 e. The van der Waals surface area contributed by atoms with Crippen molar-refractivity contribution in [3.63, 3.8) is 0 Å². The van der Waals surface area contributed by atoms with Crippen LogP contribution in [0.5, 0.6) is 11.5 Å². The molecule has 0 radical (unpaired) electrons. The molecule has 2 aromatic rings.